The van der Waals surface area contributed by atoms with E-state index in [-0.39, 0.29) is 11.4 Å². The summed E-state index contributed by atoms with van der Waals surface area (Å²) >= 11 is 3.30. The molecular formula is C9H7BrN4O2. The van der Waals surface area contributed by atoms with Crippen molar-refractivity contribution >= 4 is 38.2 Å². The summed E-state index contributed by atoms with van der Waals surface area (Å²) in [4.78, 5) is 14.2. The Labute approximate surface area is 98.7 Å². The van der Waals surface area contributed by atoms with Crippen LogP contribution in [-0.4, -0.2) is 9.91 Å². The number of pyridine rings is 1. The molecule has 1 aromatic carbocycles. The predicted molar refractivity (Wildman–Crippen MR) is 63.9 cm³/mol. The molecule has 0 aliphatic rings. The quantitative estimate of drug-likeness (QED) is 0.500. The molecule has 16 heavy (non-hydrogen) atoms. The molecular weight excluding hydrogens is 276 g/mol. The lowest BCUT2D eigenvalue weighted by Crippen LogP contribution is -2.10. The first kappa shape index (κ1) is 10.8. The van der Waals surface area contributed by atoms with Crippen LogP contribution in [-0.2, 0) is 0 Å². The van der Waals surface area contributed by atoms with Crippen molar-refractivity contribution in [2.75, 3.05) is 5.43 Å². The minimum Gasteiger partial charge on any atom is -0.318 e. The summed E-state index contributed by atoms with van der Waals surface area (Å²) in [5, 5.41) is 11.4. The second-order valence-corrected chi connectivity index (χ2v) is 4.00. The van der Waals surface area contributed by atoms with E-state index in [1.165, 1.54) is 6.20 Å². The van der Waals surface area contributed by atoms with Crippen molar-refractivity contribution < 1.29 is 4.92 Å². The smallest absolute Gasteiger partial charge is 0.312 e. The highest BCUT2D eigenvalue weighted by molar-refractivity contribution is 9.10. The van der Waals surface area contributed by atoms with Crippen molar-refractivity contribution in [2.24, 2.45) is 5.84 Å². The number of nitrogens with zero attached hydrogens (tertiary/aromatic N) is 2. The third-order valence-electron chi connectivity index (χ3n) is 2.15. The van der Waals surface area contributed by atoms with Gasteiger partial charge in [-0.05, 0) is 18.2 Å². The van der Waals surface area contributed by atoms with E-state index in [0.29, 0.717) is 10.9 Å². The summed E-state index contributed by atoms with van der Waals surface area (Å²) in [6, 6.07) is 5.25. The molecule has 82 valence electrons. The summed E-state index contributed by atoms with van der Waals surface area (Å²) in [7, 11) is 0. The Morgan fingerprint density at radius 3 is 2.88 bits per heavy atom. The van der Waals surface area contributed by atoms with Crippen molar-refractivity contribution in [1.82, 2.24) is 4.98 Å². The Kier molecular flexibility index (Phi) is 2.71. The monoisotopic (exact) mass is 282 g/mol. The zero-order chi connectivity index (χ0) is 11.7. The third-order valence-corrected chi connectivity index (χ3v) is 2.65. The fourth-order valence-electron chi connectivity index (χ4n) is 1.45. The lowest BCUT2D eigenvalue weighted by atomic mass is 10.2. The van der Waals surface area contributed by atoms with Crippen LogP contribution in [0.2, 0.25) is 0 Å². The summed E-state index contributed by atoms with van der Waals surface area (Å²) in [6.07, 6.45) is 1.18. The van der Waals surface area contributed by atoms with Crippen LogP contribution in [0.25, 0.3) is 10.9 Å². The number of nitro groups is 1. The number of hydrogen-bond acceptors (Lipinski definition) is 5. The lowest BCUT2D eigenvalue weighted by molar-refractivity contribution is -0.384. The molecule has 0 unspecified atom stereocenters. The van der Waals surface area contributed by atoms with Crippen LogP contribution in [0, 0.1) is 10.1 Å². The summed E-state index contributed by atoms with van der Waals surface area (Å²) in [5.41, 5.74) is 3.10. The molecule has 2 aromatic rings. The van der Waals surface area contributed by atoms with Crippen LogP contribution < -0.4 is 11.3 Å². The first-order valence-corrected chi connectivity index (χ1v) is 5.12. The van der Waals surface area contributed by atoms with Gasteiger partial charge >= 0.3 is 5.69 Å². The van der Waals surface area contributed by atoms with Gasteiger partial charge in [0.15, 0.2) is 0 Å². The summed E-state index contributed by atoms with van der Waals surface area (Å²) in [5.74, 6) is 5.30. The normalized spacial score (nSPS) is 10.4. The van der Waals surface area contributed by atoms with Gasteiger partial charge in [-0.3, -0.25) is 16.0 Å². The van der Waals surface area contributed by atoms with Gasteiger partial charge in [0, 0.05) is 9.86 Å². The van der Waals surface area contributed by atoms with E-state index in [9.17, 15) is 10.1 Å². The van der Waals surface area contributed by atoms with Gasteiger partial charge < -0.3 is 5.43 Å². The van der Waals surface area contributed by atoms with E-state index in [1.807, 2.05) is 0 Å². The van der Waals surface area contributed by atoms with Crippen molar-refractivity contribution in [3.05, 3.63) is 39.0 Å². The van der Waals surface area contributed by atoms with Crippen LogP contribution in [0.3, 0.4) is 0 Å². The molecule has 1 aromatic heterocycles. The molecule has 6 nitrogen and oxygen atoms in total. The maximum Gasteiger partial charge on any atom is 0.312 e. The molecule has 2 rings (SSSR count). The van der Waals surface area contributed by atoms with Crippen molar-refractivity contribution in [2.45, 2.75) is 0 Å². The number of halogens is 1. The second kappa shape index (κ2) is 4.03. The number of fused-ring (bicyclic) bond motifs is 1. The fourth-order valence-corrected chi connectivity index (χ4v) is 1.80. The first-order valence-electron chi connectivity index (χ1n) is 4.32. The zero-order valence-corrected chi connectivity index (χ0v) is 9.56. The molecule has 0 amide bonds. The molecule has 0 aliphatic heterocycles. The number of rotatable bonds is 2. The molecule has 3 N–H and O–H groups in total. The summed E-state index contributed by atoms with van der Waals surface area (Å²) < 4.78 is 0.851. The van der Waals surface area contributed by atoms with Crippen molar-refractivity contribution in [3.8, 4) is 0 Å². The van der Waals surface area contributed by atoms with Crippen molar-refractivity contribution in [3.63, 3.8) is 0 Å². The maximum atomic E-state index is 10.8. The molecule has 7 heteroatoms. The Morgan fingerprint density at radius 2 is 2.25 bits per heavy atom. The molecule has 0 fully saturated rings. The molecule has 1 heterocycles. The molecule has 0 saturated heterocycles. The molecule has 0 aliphatic carbocycles. The van der Waals surface area contributed by atoms with E-state index < -0.39 is 4.92 Å². The number of nitrogen functional groups attached to an aromatic ring is 1. The van der Waals surface area contributed by atoms with Crippen LogP contribution in [0.4, 0.5) is 11.4 Å². The third kappa shape index (κ3) is 1.70. The van der Waals surface area contributed by atoms with E-state index in [1.54, 1.807) is 18.2 Å². The van der Waals surface area contributed by atoms with E-state index in [4.69, 9.17) is 5.84 Å². The van der Waals surface area contributed by atoms with E-state index in [2.05, 4.69) is 26.3 Å². The van der Waals surface area contributed by atoms with Crippen LogP contribution in [0.1, 0.15) is 0 Å². The maximum absolute atomic E-state index is 10.8. The van der Waals surface area contributed by atoms with Gasteiger partial charge in [0.25, 0.3) is 0 Å². The largest absolute Gasteiger partial charge is 0.318 e. The predicted octanol–water partition coefficient (Wildman–Crippen LogP) is 2.19. The number of hydrazine groups is 1. The molecule has 0 saturated carbocycles. The molecule has 0 spiro atoms. The van der Waals surface area contributed by atoms with Crippen molar-refractivity contribution in [1.29, 1.82) is 0 Å². The first-order chi connectivity index (χ1) is 7.63. The zero-order valence-electron chi connectivity index (χ0n) is 7.98. The standard InChI is InChI=1S/C9H7BrN4O2/c10-5-1-2-6-7(3-5)12-4-8(14(15)16)9(6)13-11/h1-4H,11H2,(H,12,13). The molecule has 0 radical (unpaired) electrons. The highest BCUT2D eigenvalue weighted by Crippen LogP contribution is 2.31. The van der Waals surface area contributed by atoms with Gasteiger partial charge in [0.2, 0.25) is 0 Å². The topological polar surface area (TPSA) is 94.1 Å². The van der Waals surface area contributed by atoms with Crippen LogP contribution >= 0.6 is 15.9 Å². The minimum atomic E-state index is -0.524. The van der Waals surface area contributed by atoms with Gasteiger partial charge in [0.05, 0.1) is 10.4 Å². The highest BCUT2D eigenvalue weighted by Gasteiger charge is 2.16. The Bertz CT molecular complexity index is 573. The van der Waals surface area contributed by atoms with Gasteiger partial charge in [-0.2, -0.15) is 0 Å². The Hall–Kier alpha value is -1.73. The number of nitrogens with one attached hydrogen (secondary N) is 1. The number of nitrogens with two attached hydrogens (primary N) is 1. The van der Waals surface area contributed by atoms with Crippen LogP contribution in [0.5, 0.6) is 0 Å². The highest BCUT2D eigenvalue weighted by atomic mass is 79.9. The van der Waals surface area contributed by atoms with Gasteiger partial charge in [0.1, 0.15) is 11.9 Å². The number of benzene rings is 1. The van der Waals surface area contributed by atoms with Gasteiger partial charge in [-0.15, -0.1) is 0 Å². The van der Waals surface area contributed by atoms with Crippen LogP contribution in [0.15, 0.2) is 28.9 Å². The van der Waals surface area contributed by atoms with E-state index >= 15 is 0 Å². The number of hydrogen-bond donors (Lipinski definition) is 2. The van der Waals surface area contributed by atoms with Gasteiger partial charge in [-0.25, -0.2) is 4.98 Å². The Morgan fingerprint density at radius 1 is 1.50 bits per heavy atom. The average molecular weight is 283 g/mol. The SMILES string of the molecule is NNc1c([N+](=O)[O-])cnc2cc(Br)ccc12. The number of aromatic nitrogens is 1. The Balaban J connectivity index is 2.80. The second-order valence-electron chi connectivity index (χ2n) is 3.08. The average Bonchev–Trinajstić information content (AvgIpc) is 2.26. The summed E-state index contributed by atoms with van der Waals surface area (Å²) in [6.45, 7) is 0. The lowest BCUT2D eigenvalue weighted by Gasteiger charge is -2.05. The molecule has 0 atom stereocenters. The molecule has 0 bridgehead atoms. The number of anilines is 1. The van der Waals surface area contributed by atoms with Gasteiger partial charge in [-0.1, -0.05) is 15.9 Å². The van der Waals surface area contributed by atoms with E-state index in [0.717, 1.165) is 4.47 Å². The fraction of sp³-hybridized carbons (Fsp3) is 0. The minimum absolute atomic E-state index is 0.141.